The van der Waals surface area contributed by atoms with E-state index >= 15 is 0 Å². The van der Waals surface area contributed by atoms with Crippen LogP contribution in [-0.4, -0.2) is 36.2 Å². The normalized spacial score (nSPS) is 25.0. The van der Waals surface area contributed by atoms with E-state index < -0.39 is 5.97 Å². The first-order valence-corrected chi connectivity index (χ1v) is 9.96. The molecule has 7 heteroatoms. The average molecular weight is 376 g/mol. The van der Waals surface area contributed by atoms with Gasteiger partial charge in [-0.25, -0.2) is 4.79 Å². The summed E-state index contributed by atoms with van der Waals surface area (Å²) in [5.74, 6) is 0.437. The fourth-order valence-electron chi connectivity index (χ4n) is 3.46. The van der Waals surface area contributed by atoms with Gasteiger partial charge in [-0.05, 0) is 36.5 Å². The van der Waals surface area contributed by atoms with Crippen molar-refractivity contribution in [1.82, 2.24) is 5.32 Å². The third-order valence-electron chi connectivity index (χ3n) is 5.24. The molecule has 1 aromatic carbocycles. The molecule has 1 aromatic rings. The summed E-state index contributed by atoms with van der Waals surface area (Å²) in [7, 11) is 0. The van der Waals surface area contributed by atoms with E-state index in [9.17, 15) is 14.4 Å². The predicted octanol–water partition coefficient (Wildman–Crippen LogP) is 2.83. The molecule has 0 radical (unpaired) electrons. The average Bonchev–Trinajstić information content (AvgIpc) is 2.63. The number of ether oxygens (including phenoxy) is 1. The number of hydrogen-bond acceptors (Lipinski definition) is 5. The van der Waals surface area contributed by atoms with E-state index in [-0.39, 0.29) is 24.5 Å². The van der Waals surface area contributed by atoms with Crippen LogP contribution in [0.15, 0.2) is 23.1 Å². The monoisotopic (exact) mass is 376 g/mol. The number of carbonyl (C=O) groups is 3. The molecule has 1 aliphatic heterocycles. The number of hydrogen-bond donors (Lipinski definition) is 2. The smallest absolute Gasteiger partial charge is 0.338 e. The van der Waals surface area contributed by atoms with Crippen LogP contribution in [-0.2, 0) is 14.3 Å². The summed E-state index contributed by atoms with van der Waals surface area (Å²) in [5.41, 5.74) is 0.925. The summed E-state index contributed by atoms with van der Waals surface area (Å²) in [6, 6.07) is 5.15. The molecule has 6 nitrogen and oxygen atoms in total. The molecule has 0 spiro atoms. The zero-order valence-electron chi connectivity index (χ0n) is 15.0. The molecule has 0 unspecified atom stereocenters. The Morgan fingerprint density at radius 3 is 2.92 bits per heavy atom. The van der Waals surface area contributed by atoms with Crippen LogP contribution < -0.4 is 10.6 Å². The molecule has 3 rings (SSSR count). The lowest BCUT2D eigenvalue weighted by Crippen LogP contribution is -2.45. The summed E-state index contributed by atoms with van der Waals surface area (Å²) in [4.78, 5) is 36.7. The maximum atomic E-state index is 12.2. The maximum absolute atomic E-state index is 12.2. The Labute approximate surface area is 157 Å². The minimum Gasteiger partial charge on any atom is -0.452 e. The highest BCUT2D eigenvalue weighted by Gasteiger charge is 2.28. The van der Waals surface area contributed by atoms with Crippen molar-refractivity contribution in [3.8, 4) is 0 Å². The van der Waals surface area contributed by atoms with Crippen molar-refractivity contribution in [3.05, 3.63) is 23.8 Å². The maximum Gasteiger partial charge on any atom is 0.338 e. The summed E-state index contributed by atoms with van der Waals surface area (Å²) >= 11 is 1.43. The molecular formula is C19H24N2O4S. The largest absolute Gasteiger partial charge is 0.452 e. The first-order chi connectivity index (χ1) is 12.4. The quantitative estimate of drug-likeness (QED) is 0.790. The van der Waals surface area contributed by atoms with Gasteiger partial charge >= 0.3 is 5.97 Å². The number of esters is 1. The highest BCUT2D eigenvalue weighted by Crippen LogP contribution is 2.32. The molecule has 0 bridgehead atoms. The Balaban J connectivity index is 1.53. The van der Waals surface area contributed by atoms with Gasteiger partial charge in [0.1, 0.15) is 0 Å². The van der Waals surface area contributed by atoms with Gasteiger partial charge in [0, 0.05) is 10.9 Å². The molecular weight excluding hydrogens is 352 g/mol. The van der Waals surface area contributed by atoms with Crippen molar-refractivity contribution in [2.45, 2.75) is 44.0 Å². The Morgan fingerprint density at radius 1 is 1.31 bits per heavy atom. The molecule has 2 amide bonds. The van der Waals surface area contributed by atoms with E-state index in [1.54, 1.807) is 18.2 Å². The van der Waals surface area contributed by atoms with Crippen molar-refractivity contribution in [2.75, 3.05) is 17.7 Å². The summed E-state index contributed by atoms with van der Waals surface area (Å²) < 4.78 is 5.14. The van der Waals surface area contributed by atoms with Gasteiger partial charge in [0.15, 0.2) is 6.61 Å². The zero-order valence-corrected chi connectivity index (χ0v) is 15.9. The Kier molecular flexibility index (Phi) is 5.86. The van der Waals surface area contributed by atoms with Crippen LogP contribution in [0.3, 0.4) is 0 Å². The van der Waals surface area contributed by atoms with Crippen molar-refractivity contribution < 1.29 is 19.1 Å². The Hall–Kier alpha value is -2.02. The van der Waals surface area contributed by atoms with Gasteiger partial charge in [0.2, 0.25) is 5.91 Å². The number of fused-ring (bicyclic) bond motifs is 1. The van der Waals surface area contributed by atoms with Gasteiger partial charge in [-0.1, -0.05) is 26.7 Å². The van der Waals surface area contributed by atoms with Crippen molar-refractivity contribution >= 4 is 35.2 Å². The lowest BCUT2D eigenvalue weighted by Gasteiger charge is -2.34. The van der Waals surface area contributed by atoms with E-state index in [1.165, 1.54) is 18.2 Å². The van der Waals surface area contributed by atoms with E-state index in [4.69, 9.17) is 4.74 Å². The van der Waals surface area contributed by atoms with Crippen LogP contribution in [0.4, 0.5) is 5.69 Å². The van der Waals surface area contributed by atoms with Crippen LogP contribution in [0.5, 0.6) is 0 Å². The van der Waals surface area contributed by atoms with Crippen LogP contribution in [0.1, 0.15) is 43.5 Å². The van der Waals surface area contributed by atoms with Crippen LogP contribution in [0.2, 0.25) is 0 Å². The molecule has 1 heterocycles. The molecule has 140 valence electrons. The molecule has 3 atom stereocenters. The second-order valence-corrected chi connectivity index (χ2v) is 8.08. The molecule has 1 aliphatic carbocycles. The third-order valence-corrected chi connectivity index (χ3v) is 6.31. The van der Waals surface area contributed by atoms with Crippen LogP contribution in [0.25, 0.3) is 0 Å². The van der Waals surface area contributed by atoms with Crippen LogP contribution >= 0.6 is 11.8 Å². The second-order valence-electron chi connectivity index (χ2n) is 7.07. The van der Waals surface area contributed by atoms with Gasteiger partial charge in [-0.2, -0.15) is 0 Å². The topological polar surface area (TPSA) is 84.5 Å². The van der Waals surface area contributed by atoms with Gasteiger partial charge in [-0.15, -0.1) is 11.8 Å². The first kappa shape index (κ1) is 18.8. The van der Waals surface area contributed by atoms with Gasteiger partial charge in [0.25, 0.3) is 5.91 Å². The lowest BCUT2D eigenvalue weighted by atomic mass is 9.78. The number of nitrogens with one attached hydrogen (secondary N) is 2. The van der Waals surface area contributed by atoms with Gasteiger partial charge < -0.3 is 15.4 Å². The van der Waals surface area contributed by atoms with E-state index in [1.807, 2.05) is 0 Å². The fraction of sp³-hybridized carbons (Fsp3) is 0.526. The Bertz CT molecular complexity index is 721. The molecule has 1 saturated carbocycles. The van der Waals surface area contributed by atoms with Gasteiger partial charge in [0.05, 0.1) is 17.0 Å². The number of amides is 2. The van der Waals surface area contributed by atoms with E-state index in [0.29, 0.717) is 28.8 Å². The van der Waals surface area contributed by atoms with Crippen LogP contribution in [0, 0.1) is 11.8 Å². The standard InChI is InChI=1S/C19H24N2O4S/c1-11-4-3-5-14(12(11)2)20-17(22)9-25-19(24)13-6-7-16-15(8-13)21-18(23)10-26-16/h6-8,11-12,14H,3-5,9-10H2,1-2H3,(H,20,22)(H,21,23)/t11-,12-,14-/m1/s1. The van der Waals surface area contributed by atoms with Crippen molar-refractivity contribution in [1.29, 1.82) is 0 Å². The van der Waals surface area contributed by atoms with Crippen molar-refractivity contribution in [3.63, 3.8) is 0 Å². The number of benzene rings is 1. The summed E-state index contributed by atoms with van der Waals surface area (Å²) in [6.07, 6.45) is 3.26. The molecule has 0 saturated heterocycles. The van der Waals surface area contributed by atoms with Gasteiger partial charge in [-0.3, -0.25) is 9.59 Å². The minimum atomic E-state index is -0.571. The predicted molar refractivity (Wildman–Crippen MR) is 100 cm³/mol. The zero-order chi connectivity index (χ0) is 18.7. The van der Waals surface area contributed by atoms with E-state index in [2.05, 4.69) is 24.5 Å². The molecule has 2 N–H and O–H groups in total. The first-order valence-electron chi connectivity index (χ1n) is 8.97. The number of rotatable bonds is 4. The summed E-state index contributed by atoms with van der Waals surface area (Å²) in [5, 5.41) is 5.72. The molecule has 2 aliphatic rings. The summed E-state index contributed by atoms with van der Waals surface area (Å²) in [6.45, 7) is 4.06. The Morgan fingerprint density at radius 2 is 2.12 bits per heavy atom. The van der Waals surface area contributed by atoms with E-state index in [0.717, 1.165) is 17.7 Å². The minimum absolute atomic E-state index is 0.0942. The molecule has 0 aromatic heterocycles. The highest BCUT2D eigenvalue weighted by atomic mass is 32.2. The number of carbonyl (C=O) groups excluding carboxylic acids is 3. The number of anilines is 1. The number of thioether (sulfide) groups is 1. The van der Waals surface area contributed by atoms with Crippen molar-refractivity contribution in [2.24, 2.45) is 11.8 Å². The fourth-order valence-corrected chi connectivity index (χ4v) is 4.25. The lowest BCUT2D eigenvalue weighted by molar-refractivity contribution is -0.125. The second kappa shape index (κ2) is 8.12. The molecule has 26 heavy (non-hydrogen) atoms. The SMILES string of the molecule is C[C@@H]1[C@H](C)CCC[C@H]1NC(=O)COC(=O)c1ccc2c(c1)NC(=O)CS2. The third kappa shape index (κ3) is 4.38. The molecule has 1 fully saturated rings. The highest BCUT2D eigenvalue weighted by molar-refractivity contribution is 8.00.